The smallest absolute Gasteiger partial charge is 0.316 e. The lowest BCUT2D eigenvalue weighted by molar-refractivity contribution is -0.0620. The number of nitrogens with zero attached hydrogens (tertiary/aromatic N) is 3. The molecule has 4 rings (SSSR count). The van der Waals surface area contributed by atoms with Gasteiger partial charge in [-0.15, -0.1) is 0 Å². The molecule has 0 bridgehead atoms. The van der Waals surface area contributed by atoms with E-state index in [1.54, 1.807) is 30.6 Å². The Balaban J connectivity index is 0.000000181. The molecule has 1 unspecified atom stereocenters. The number of ether oxygens (including phenoxy) is 2. The van der Waals surface area contributed by atoms with Crippen LogP contribution in [0.15, 0.2) is 78.2 Å². The van der Waals surface area contributed by atoms with E-state index in [1.165, 1.54) is 17.7 Å². The lowest BCUT2D eigenvalue weighted by atomic mass is 10.2. The first-order valence-corrected chi connectivity index (χ1v) is 9.73. The Labute approximate surface area is 184 Å². The van der Waals surface area contributed by atoms with Crippen molar-refractivity contribution in [3.8, 4) is 6.01 Å². The minimum absolute atomic E-state index is 0.0886. The van der Waals surface area contributed by atoms with Crippen molar-refractivity contribution >= 4 is 6.21 Å². The number of hydrogen-bond acceptors (Lipinski definition) is 7. The highest BCUT2D eigenvalue weighted by Gasteiger charge is 2.23. The lowest BCUT2D eigenvalue weighted by Gasteiger charge is -2.26. The van der Waals surface area contributed by atoms with Crippen molar-refractivity contribution in [2.24, 2.45) is 10.7 Å². The summed E-state index contributed by atoms with van der Waals surface area (Å²) in [4.78, 5) is 11.3. The van der Waals surface area contributed by atoms with Crippen LogP contribution in [0.4, 0.5) is 8.78 Å². The highest BCUT2D eigenvalue weighted by atomic mass is 19.1. The molecule has 0 fully saturated rings. The van der Waals surface area contributed by atoms with E-state index in [4.69, 9.17) is 15.2 Å². The number of halogens is 2. The Hall–Kier alpha value is -3.69. The monoisotopic (exact) mass is 439 g/mol. The fourth-order valence-corrected chi connectivity index (χ4v) is 2.46. The van der Waals surface area contributed by atoms with Crippen LogP contribution in [0.5, 0.6) is 6.01 Å². The molecule has 0 spiro atoms. The van der Waals surface area contributed by atoms with E-state index >= 15 is 0 Å². The zero-order valence-corrected chi connectivity index (χ0v) is 17.4. The number of rotatable bonds is 6. The average Bonchev–Trinajstić information content (AvgIpc) is 2.80. The van der Waals surface area contributed by atoms with Crippen molar-refractivity contribution in [2.75, 3.05) is 0 Å². The highest BCUT2D eigenvalue weighted by Crippen LogP contribution is 2.10. The Bertz CT molecular complexity index is 996. The predicted molar refractivity (Wildman–Crippen MR) is 116 cm³/mol. The van der Waals surface area contributed by atoms with Crippen molar-refractivity contribution < 1.29 is 18.3 Å². The van der Waals surface area contributed by atoms with Crippen LogP contribution in [0.3, 0.4) is 0 Å². The van der Waals surface area contributed by atoms with Gasteiger partial charge in [0.1, 0.15) is 12.4 Å². The van der Waals surface area contributed by atoms with Crippen LogP contribution in [0.25, 0.3) is 0 Å². The fourth-order valence-electron chi connectivity index (χ4n) is 2.46. The molecule has 0 amide bonds. The van der Waals surface area contributed by atoms with Crippen LogP contribution in [0, 0.1) is 18.6 Å². The summed E-state index contributed by atoms with van der Waals surface area (Å²) >= 11 is 0. The number of nitrogens with one attached hydrogen (secondary N) is 1. The number of benzene rings is 2. The maximum Gasteiger partial charge on any atom is 0.316 e. The van der Waals surface area contributed by atoms with E-state index in [2.05, 4.69) is 20.3 Å². The first kappa shape index (κ1) is 23.0. The third-order valence-corrected chi connectivity index (χ3v) is 4.20. The summed E-state index contributed by atoms with van der Waals surface area (Å²) in [5.41, 5.74) is 8.94. The minimum Gasteiger partial charge on any atom is -0.459 e. The number of aliphatic imine (C=N–C) groups is 1. The molecular formula is C23H23F2N5O2. The van der Waals surface area contributed by atoms with Gasteiger partial charge in [-0.2, -0.15) is 0 Å². The Morgan fingerprint density at radius 2 is 1.53 bits per heavy atom. The molecule has 3 aromatic rings. The molecule has 2 heterocycles. The number of aromatic nitrogens is 2. The third kappa shape index (κ3) is 7.53. The maximum absolute atomic E-state index is 12.6. The molecule has 0 saturated heterocycles. The van der Waals surface area contributed by atoms with Crippen molar-refractivity contribution in [3.05, 3.63) is 102 Å². The number of hydrogen-bond donors (Lipinski definition) is 2. The van der Waals surface area contributed by atoms with Gasteiger partial charge in [0.2, 0.25) is 0 Å². The van der Waals surface area contributed by atoms with Crippen LogP contribution in [0.2, 0.25) is 0 Å². The SMILES string of the molecule is Cc1ccc(COC2(N)N=CC=CN2)cc1.Fc1ccc(COc2ncc(F)cn2)cc1. The molecule has 0 saturated carbocycles. The average molecular weight is 439 g/mol. The molecule has 166 valence electrons. The Kier molecular flexibility index (Phi) is 7.96. The normalized spacial score (nSPS) is 16.6. The molecule has 7 nitrogen and oxygen atoms in total. The molecule has 0 aliphatic carbocycles. The second-order valence-corrected chi connectivity index (χ2v) is 6.85. The molecular weight excluding hydrogens is 416 g/mol. The zero-order chi connectivity index (χ0) is 22.8. The van der Waals surface area contributed by atoms with E-state index < -0.39 is 11.8 Å². The van der Waals surface area contributed by atoms with E-state index in [-0.39, 0.29) is 18.4 Å². The largest absolute Gasteiger partial charge is 0.459 e. The number of nitrogens with two attached hydrogens (primary N) is 1. The molecule has 1 aromatic heterocycles. The van der Waals surface area contributed by atoms with Gasteiger partial charge in [0.05, 0.1) is 19.0 Å². The molecule has 1 aliphatic rings. The van der Waals surface area contributed by atoms with Crippen LogP contribution >= 0.6 is 0 Å². The van der Waals surface area contributed by atoms with Crippen LogP contribution in [0.1, 0.15) is 16.7 Å². The van der Waals surface area contributed by atoms with E-state index in [0.29, 0.717) is 6.61 Å². The van der Waals surface area contributed by atoms with Gasteiger partial charge in [0.25, 0.3) is 5.97 Å². The second kappa shape index (κ2) is 11.1. The van der Waals surface area contributed by atoms with Gasteiger partial charge >= 0.3 is 6.01 Å². The van der Waals surface area contributed by atoms with Gasteiger partial charge in [-0.05, 0) is 36.3 Å². The third-order valence-electron chi connectivity index (χ3n) is 4.20. The van der Waals surface area contributed by atoms with Crippen molar-refractivity contribution in [2.45, 2.75) is 26.1 Å². The summed E-state index contributed by atoms with van der Waals surface area (Å²) in [6, 6.07) is 14.1. The zero-order valence-electron chi connectivity index (χ0n) is 17.4. The first-order chi connectivity index (χ1) is 15.4. The maximum atomic E-state index is 12.6. The summed E-state index contributed by atoms with van der Waals surface area (Å²) in [6.45, 7) is 2.69. The number of allylic oxidation sites excluding steroid dienone is 1. The van der Waals surface area contributed by atoms with Gasteiger partial charge in [-0.3, -0.25) is 5.73 Å². The predicted octanol–water partition coefficient (Wildman–Crippen LogP) is 3.60. The second-order valence-electron chi connectivity index (χ2n) is 6.85. The number of aryl methyl sites for hydroxylation is 1. The Morgan fingerprint density at radius 1 is 0.906 bits per heavy atom. The molecule has 32 heavy (non-hydrogen) atoms. The standard InChI is InChI=1S/C12H15N3O.C11H8F2N2O/c1-10-3-5-11(6-4-10)9-16-12(13)14-7-2-8-15-12;12-9-3-1-8(2-4-9)7-16-11-14-5-10(13)6-15-11/h2-8,14H,9,13H2,1H3;1-6H,7H2. The van der Waals surface area contributed by atoms with Crippen LogP contribution in [-0.4, -0.2) is 22.2 Å². The van der Waals surface area contributed by atoms with Gasteiger partial charge in [0.15, 0.2) is 5.82 Å². The lowest BCUT2D eigenvalue weighted by Crippen LogP contribution is -2.52. The molecule has 3 N–H and O–H groups in total. The van der Waals surface area contributed by atoms with E-state index in [0.717, 1.165) is 23.5 Å². The minimum atomic E-state index is -1.14. The van der Waals surface area contributed by atoms with Crippen molar-refractivity contribution in [3.63, 3.8) is 0 Å². The molecule has 2 aromatic carbocycles. The van der Waals surface area contributed by atoms with Gasteiger partial charge < -0.3 is 14.8 Å². The molecule has 9 heteroatoms. The van der Waals surface area contributed by atoms with Gasteiger partial charge in [-0.1, -0.05) is 42.0 Å². The molecule has 0 radical (unpaired) electrons. The Morgan fingerprint density at radius 3 is 2.16 bits per heavy atom. The summed E-state index contributed by atoms with van der Waals surface area (Å²) < 4.78 is 35.7. The fraction of sp³-hybridized carbons (Fsp3) is 0.174. The van der Waals surface area contributed by atoms with Gasteiger partial charge in [0, 0.05) is 12.4 Å². The van der Waals surface area contributed by atoms with Crippen LogP contribution < -0.4 is 15.8 Å². The van der Waals surface area contributed by atoms with E-state index in [1.807, 2.05) is 31.2 Å². The summed E-state index contributed by atoms with van der Waals surface area (Å²) in [7, 11) is 0. The first-order valence-electron chi connectivity index (χ1n) is 9.73. The van der Waals surface area contributed by atoms with Gasteiger partial charge in [-0.25, -0.2) is 23.7 Å². The molecule has 1 aliphatic heterocycles. The van der Waals surface area contributed by atoms with Crippen molar-refractivity contribution in [1.29, 1.82) is 0 Å². The van der Waals surface area contributed by atoms with Crippen molar-refractivity contribution in [1.82, 2.24) is 15.3 Å². The molecule has 1 atom stereocenters. The van der Waals surface area contributed by atoms with E-state index in [9.17, 15) is 8.78 Å². The van der Waals surface area contributed by atoms with Crippen LogP contribution in [-0.2, 0) is 18.0 Å². The summed E-state index contributed by atoms with van der Waals surface area (Å²) in [5, 5.41) is 2.85. The quantitative estimate of drug-likeness (QED) is 0.570. The highest BCUT2D eigenvalue weighted by molar-refractivity contribution is 5.72. The topological polar surface area (TPSA) is 94.7 Å². The summed E-state index contributed by atoms with van der Waals surface area (Å²) in [5.74, 6) is -1.96. The summed E-state index contributed by atoms with van der Waals surface area (Å²) in [6.07, 6.45) is 7.13.